The molecule has 0 aliphatic rings. The van der Waals surface area contributed by atoms with Crippen LogP contribution in [-0.4, -0.2) is 49.5 Å². The molecular weight excluding hydrogens is 485 g/mol. The molecule has 1 atom stereocenters. The summed E-state index contributed by atoms with van der Waals surface area (Å²) in [5.74, 6) is -0.900. The summed E-state index contributed by atoms with van der Waals surface area (Å²) < 4.78 is 26.0. The molecule has 0 aromatic heterocycles. The zero-order valence-electron chi connectivity index (χ0n) is 19.3. The number of amides is 2. The number of nitrogens with one attached hydrogen (secondary N) is 1. The summed E-state index contributed by atoms with van der Waals surface area (Å²) >= 11 is 12.1. The highest BCUT2D eigenvalue weighted by molar-refractivity contribution is 7.92. The predicted octanol–water partition coefficient (Wildman–Crippen LogP) is 4.09. The Labute approximate surface area is 205 Å². The largest absolute Gasteiger partial charge is 0.350 e. The number of sulfonamides is 1. The lowest BCUT2D eigenvalue weighted by molar-refractivity contribution is -0.140. The second kappa shape index (κ2) is 10.8. The van der Waals surface area contributed by atoms with Crippen molar-refractivity contribution >= 4 is 50.7 Å². The van der Waals surface area contributed by atoms with Crippen molar-refractivity contribution in [2.24, 2.45) is 0 Å². The van der Waals surface area contributed by atoms with Gasteiger partial charge in [0.1, 0.15) is 12.6 Å². The van der Waals surface area contributed by atoms with Gasteiger partial charge in [0.15, 0.2) is 0 Å². The van der Waals surface area contributed by atoms with E-state index in [1.54, 1.807) is 49.4 Å². The van der Waals surface area contributed by atoms with Gasteiger partial charge in [0.05, 0.1) is 11.9 Å². The fourth-order valence-corrected chi connectivity index (χ4v) is 4.37. The van der Waals surface area contributed by atoms with Gasteiger partial charge >= 0.3 is 0 Å². The van der Waals surface area contributed by atoms with E-state index in [-0.39, 0.29) is 18.1 Å². The van der Waals surface area contributed by atoms with Gasteiger partial charge in [0, 0.05) is 22.1 Å². The van der Waals surface area contributed by atoms with Crippen molar-refractivity contribution in [2.45, 2.75) is 45.8 Å². The SMILES string of the molecule is C[C@H](C(=O)NC(C)(C)C)N(Cc1cccc(Cl)c1)C(=O)CN(c1cccc(Cl)c1)S(C)(=O)=O. The molecule has 0 aliphatic heterocycles. The number of rotatable bonds is 8. The average Bonchev–Trinajstić information content (AvgIpc) is 2.67. The van der Waals surface area contributed by atoms with E-state index >= 15 is 0 Å². The second-order valence-electron chi connectivity index (χ2n) is 8.82. The highest BCUT2D eigenvalue weighted by Crippen LogP contribution is 2.23. The standard InChI is InChI=1S/C23H29Cl2N3O4S/c1-16(22(30)26-23(2,3)4)27(14-17-8-6-9-18(24)12-17)21(29)15-28(33(5,31)32)20-11-7-10-19(25)13-20/h6-13,16H,14-15H2,1-5H3,(H,26,30)/t16-/m1/s1. The lowest BCUT2D eigenvalue weighted by atomic mass is 10.1. The van der Waals surface area contributed by atoms with E-state index in [0.717, 1.165) is 10.6 Å². The number of anilines is 1. The van der Waals surface area contributed by atoms with Gasteiger partial charge in [-0.05, 0) is 63.6 Å². The van der Waals surface area contributed by atoms with E-state index in [2.05, 4.69) is 5.32 Å². The Bertz CT molecular complexity index is 1120. The molecule has 10 heteroatoms. The predicted molar refractivity (Wildman–Crippen MR) is 133 cm³/mol. The van der Waals surface area contributed by atoms with Crippen LogP contribution in [0.1, 0.15) is 33.3 Å². The Hall–Kier alpha value is -2.29. The lowest BCUT2D eigenvalue weighted by Crippen LogP contribution is -2.54. The quantitative estimate of drug-likeness (QED) is 0.575. The minimum Gasteiger partial charge on any atom is -0.350 e. The van der Waals surface area contributed by atoms with Crippen molar-refractivity contribution < 1.29 is 18.0 Å². The van der Waals surface area contributed by atoms with Crippen molar-refractivity contribution in [1.82, 2.24) is 10.2 Å². The van der Waals surface area contributed by atoms with E-state index in [4.69, 9.17) is 23.2 Å². The van der Waals surface area contributed by atoms with E-state index in [1.807, 2.05) is 20.8 Å². The van der Waals surface area contributed by atoms with Crippen LogP contribution in [0.5, 0.6) is 0 Å². The van der Waals surface area contributed by atoms with Crippen LogP contribution >= 0.6 is 23.2 Å². The molecule has 0 saturated carbocycles. The molecular formula is C23H29Cl2N3O4S. The second-order valence-corrected chi connectivity index (χ2v) is 11.6. The number of hydrogen-bond acceptors (Lipinski definition) is 4. The van der Waals surface area contributed by atoms with Crippen LogP contribution in [0.3, 0.4) is 0 Å². The molecule has 0 fully saturated rings. The van der Waals surface area contributed by atoms with E-state index in [9.17, 15) is 18.0 Å². The summed E-state index contributed by atoms with van der Waals surface area (Å²) in [6.07, 6.45) is 1.01. The zero-order chi connectivity index (χ0) is 25.0. The first-order valence-electron chi connectivity index (χ1n) is 10.3. The van der Waals surface area contributed by atoms with Crippen LogP contribution in [0.25, 0.3) is 0 Å². The van der Waals surface area contributed by atoms with Gasteiger partial charge in [-0.2, -0.15) is 0 Å². The Balaban J connectivity index is 2.41. The molecule has 180 valence electrons. The first-order chi connectivity index (χ1) is 15.2. The third-order valence-corrected chi connectivity index (χ3v) is 6.29. The fraction of sp³-hybridized carbons (Fsp3) is 0.391. The van der Waals surface area contributed by atoms with E-state index in [0.29, 0.717) is 15.6 Å². The van der Waals surface area contributed by atoms with Crippen molar-refractivity contribution in [3.63, 3.8) is 0 Å². The highest BCUT2D eigenvalue weighted by Gasteiger charge is 2.31. The van der Waals surface area contributed by atoms with Crippen molar-refractivity contribution in [1.29, 1.82) is 0 Å². The maximum atomic E-state index is 13.4. The minimum atomic E-state index is -3.81. The molecule has 0 saturated heterocycles. The summed E-state index contributed by atoms with van der Waals surface area (Å²) in [6.45, 7) is 6.70. The van der Waals surface area contributed by atoms with Crippen LogP contribution in [0.2, 0.25) is 10.0 Å². The molecule has 2 rings (SSSR count). The zero-order valence-corrected chi connectivity index (χ0v) is 21.6. The molecule has 0 bridgehead atoms. The summed E-state index contributed by atoms with van der Waals surface area (Å²) in [7, 11) is -3.81. The smallest absolute Gasteiger partial charge is 0.244 e. The Morgan fingerprint density at radius 3 is 2.12 bits per heavy atom. The molecule has 2 amide bonds. The summed E-state index contributed by atoms with van der Waals surface area (Å²) in [5.41, 5.74) is 0.461. The first-order valence-corrected chi connectivity index (χ1v) is 12.9. The molecule has 0 heterocycles. The number of benzene rings is 2. The molecule has 0 unspecified atom stereocenters. The van der Waals surface area contributed by atoms with Crippen LogP contribution in [-0.2, 0) is 26.2 Å². The molecule has 1 N–H and O–H groups in total. The van der Waals surface area contributed by atoms with Crippen molar-refractivity contribution in [3.05, 3.63) is 64.1 Å². The third kappa shape index (κ3) is 8.21. The summed E-state index contributed by atoms with van der Waals surface area (Å²) in [4.78, 5) is 27.7. The Morgan fingerprint density at radius 2 is 1.61 bits per heavy atom. The third-order valence-electron chi connectivity index (χ3n) is 4.68. The summed E-state index contributed by atoms with van der Waals surface area (Å²) in [6, 6.07) is 12.3. The van der Waals surface area contributed by atoms with Gasteiger partial charge in [-0.25, -0.2) is 8.42 Å². The number of halogens is 2. The van der Waals surface area contributed by atoms with Gasteiger partial charge in [-0.15, -0.1) is 0 Å². The molecule has 33 heavy (non-hydrogen) atoms. The fourth-order valence-electron chi connectivity index (χ4n) is 3.13. The average molecular weight is 514 g/mol. The Kier molecular flexibility index (Phi) is 8.79. The maximum Gasteiger partial charge on any atom is 0.244 e. The highest BCUT2D eigenvalue weighted by atomic mass is 35.5. The monoisotopic (exact) mass is 513 g/mol. The molecule has 0 radical (unpaired) electrons. The van der Waals surface area contributed by atoms with Gasteiger partial charge in [-0.3, -0.25) is 13.9 Å². The molecule has 2 aromatic rings. The van der Waals surface area contributed by atoms with Crippen LogP contribution in [0, 0.1) is 0 Å². The van der Waals surface area contributed by atoms with Gasteiger partial charge in [0.2, 0.25) is 21.8 Å². The first kappa shape index (κ1) is 27.0. The topological polar surface area (TPSA) is 86.8 Å². The normalized spacial score (nSPS) is 12.7. The van der Waals surface area contributed by atoms with Crippen molar-refractivity contribution in [3.8, 4) is 0 Å². The van der Waals surface area contributed by atoms with Crippen LogP contribution < -0.4 is 9.62 Å². The van der Waals surface area contributed by atoms with Crippen LogP contribution in [0.15, 0.2) is 48.5 Å². The van der Waals surface area contributed by atoms with Crippen LogP contribution in [0.4, 0.5) is 5.69 Å². The van der Waals surface area contributed by atoms with Gasteiger partial charge < -0.3 is 10.2 Å². The van der Waals surface area contributed by atoms with Gasteiger partial charge in [-0.1, -0.05) is 41.4 Å². The van der Waals surface area contributed by atoms with E-state index < -0.39 is 34.1 Å². The molecule has 0 aliphatic carbocycles. The number of carbonyl (C=O) groups excluding carboxylic acids is 2. The number of carbonyl (C=O) groups is 2. The van der Waals surface area contributed by atoms with E-state index in [1.165, 1.54) is 11.0 Å². The number of nitrogens with zero attached hydrogens (tertiary/aromatic N) is 2. The molecule has 0 spiro atoms. The Morgan fingerprint density at radius 1 is 1.03 bits per heavy atom. The summed E-state index contributed by atoms with van der Waals surface area (Å²) in [5, 5.41) is 3.69. The lowest BCUT2D eigenvalue weighted by Gasteiger charge is -2.33. The molecule has 2 aromatic carbocycles. The number of hydrogen-bond donors (Lipinski definition) is 1. The van der Waals surface area contributed by atoms with Gasteiger partial charge in [0.25, 0.3) is 0 Å². The maximum absolute atomic E-state index is 13.4. The minimum absolute atomic E-state index is 0.0747. The van der Waals surface area contributed by atoms with Crippen molar-refractivity contribution in [2.75, 3.05) is 17.1 Å². The molecule has 7 nitrogen and oxygen atoms in total.